The fourth-order valence-corrected chi connectivity index (χ4v) is 4.04. The zero-order chi connectivity index (χ0) is 9.92. The minimum Gasteiger partial charge on any atom is -0.298 e. The smallest absolute Gasteiger partial charge is 0.298 e. The molecule has 0 heterocycles. The fraction of sp³-hybridized carbons (Fsp3) is 0.818. The van der Waals surface area contributed by atoms with Crippen molar-refractivity contribution in [2.24, 2.45) is 23.2 Å². The molecule has 0 aliphatic heterocycles. The lowest BCUT2D eigenvalue weighted by molar-refractivity contribution is -0.177. The summed E-state index contributed by atoms with van der Waals surface area (Å²) < 4.78 is 0. The van der Waals surface area contributed by atoms with E-state index < -0.39 is 11.4 Å². The van der Waals surface area contributed by atoms with Crippen LogP contribution in [-0.2, 0) is 14.7 Å². The predicted octanol–water partition coefficient (Wildman–Crippen LogP) is 1.34. The van der Waals surface area contributed by atoms with Gasteiger partial charge < -0.3 is 0 Å². The second-order valence-corrected chi connectivity index (χ2v) is 5.28. The number of ketones is 1. The van der Waals surface area contributed by atoms with E-state index in [9.17, 15) is 14.7 Å². The molecule has 4 rings (SSSR count). The number of carbonyl (C=O) groups is 2. The summed E-state index contributed by atoms with van der Waals surface area (Å²) in [5.74, 6) is -0.142. The van der Waals surface area contributed by atoms with Crippen molar-refractivity contribution in [3.8, 4) is 0 Å². The van der Waals surface area contributed by atoms with E-state index in [0.717, 1.165) is 19.3 Å². The Morgan fingerprint density at radius 3 is 2.21 bits per heavy atom. The first-order valence-electron chi connectivity index (χ1n) is 5.37. The quantitative estimate of drug-likeness (QED) is 0.590. The highest BCUT2D eigenvalue weighted by atomic mass is 16.4. The van der Waals surface area contributed by atoms with Crippen LogP contribution in [-0.4, -0.2) is 11.8 Å². The van der Waals surface area contributed by atoms with Gasteiger partial charge in [0.1, 0.15) is 5.41 Å². The van der Waals surface area contributed by atoms with Crippen LogP contribution in [0.25, 0.3) is 0 Å². The number of Topliss-reactive ketones (excluding diaryl/α,β-unsaturated/α-hetero) is 1. The number of carbonyl (C=O) groups excluding carboxylic acids is 2. The lowest BCUT2D eigenvalue weighted by Gasteiger charge is -2.52. The molecule has 0 amide bonds. The maximum absolute atomic E-state index is 11.9. The van der Waals surface area contributed by atoms with Gasteiger partial charge in [0.25, 0.3) is 0 Å². The zero-order valence-corrected chi connectivity index (χ0v) is 7.99. The third kappa shape index (κ3) is 0.830. The molecular formula is C11H13O3. The SMILES string of the molecule is [O]C(=O)C12CC3CC(CC(C3)C1=O)C2. The number of hydrogen-bond donors (Lipinski definition) is 0. The first-order valence-corrected chi connectivity index (χ1v) is 5.37. The molecule has 4 aliphatic rings. The van der Waals surface area contributed by atoms with Gasteiger partial charge in [-0.05, 0) is 43.9 Å². The molecule has 0 spiro atoms. The summed E-state index contributed by atoms with van der Waals surface area (Å²) in [7, 11) is 0. The van der Waals surface area contributed by atoms with Gasteiger partial charge in [0.15, 0.2) is 5.78 Å². The second kappa shape index (κ2) is 2.38. The molecule has 2 atom stereocenters. The van der Waals surface area contributed by atoms with Gasteiger partial charge in [-0.3, -0.25) is 4.79 Å². The Bertz CT molecular complexity index is 306. The topological polar surface area (TPSA) is 54.0 Å². The van der Waals surface area contributed by atoms with Crippen LogP contribution >= 0.6 is 0 Å². The van der Waals surface area contributed by atoms with Crippen molar-refractivity contribution >= 4 is 11.8 Å². The highest BCUT2D eigenvalue weighted by Gasteiger charge is 2.61. The molecule has 0 aromatic heterocycles. The summed E-state index contributed by atoms with van der Waals surface area (Å²) in [5, 5.41) is 11.1. The largest absolute Gasteiger partial charge is 0.369 e. The Kier molecular flexibility index (Phi) is 1.44. The Morgan fingerprint density at radius 1 is 1.14 bits per heavy atom. The van der Waals surface area contributed by atoms with Crippen molar-refractivity contribution in [2.75, 3.05) is 0 Å². The lowest BCUT2D eigenvalue weighted by atomic mass is 9.49. The van der Waals surface area contributed by atoms with Crippen LogP contribution in [0.1, 0.15) is 32.1 Å². The van der Waals surface area contributed by atoms with E-state index in [-0.39, 0.29) is 11.7 Å². The van der Waals surface area contributed by atoms with Gasteiger partial charge in [-0.25, -0.2) is 9.90 Å². The van der Waals surface area contributed by atoms with Crippen LogP contribution in [0.2, 0.25) is 0 Å². The van der Waals surface area contributed by atoms with Crippen molar-refractivity contribution in [3.05, 3.63) is 0 Å². The van der Waals surface area contributed by atoms with E-state index in [2.05, 4.69) is 0 Å². The van der Waals surface area contributed by atoms with Crippen molar-refractivity contribution in [1.82, 2.24) is 0 Å². The van der Waals surface area contributed by atoms with Crippen molar-refractivity contribution in [1.29, 1.82) is 0 Å². The van der Waals surface area contributed by atoms with Crippen LogP contribution < -0.4 is 0 Å². The molecule has 4 bridgehead atoms. The average molecular weight is 193 g/mol. The van der Waals surface area contributed by atoms with Crippen LogP contribution in [0.15, 0.2) is 0 Å². The van der Waals surface area contributed by atoms with Crippen LogP contribution in [0.4, 0.5) is 0 Å². The highest BCUT2D eigenvalue weighted by Crippen LogP contribution is 2.58. The zero-order valence-electron chi connectivity index (χ0n) is 7.99. The first kappa shape index (κ1) is 8.45. The lowest BCUT2D eigenvalue weighted by Crippen LogP contribution is -2.56. The van der Waals surface area contributed by atoms with Gasteiger partial charge >= 0.3 is 5.97 Å². The molecule has 14 heavy (non-hydrogen) atoms. The maximum Gasteiger partial charge on any atom is 0.369 e. The van der Waals surface area contributed by atoms with Gasteiger partial charge in [-0.1, -0.05) is 0 Å². The van der Waals surface area contributed by atoms with Gasteiger partial charge in [-0.2, -0.15) is 0 Å². The van der Waals surface area contributed by atoms with E-state index >= 15 is 0 Å². The molecule has 3 nitrogen and oxygen atoms in total. The molecule has 0 saturated heterocycles. The first-order chi connectivity index (χ1) is 6.62. The summed E-state index contributed by atoms with van der Waals surface area (Å²) >= 11 is 0. The Labute approximate surface area is 82.5 Å². The Hall–Kier alpha value is -0.860. The molecule has 75 valence electrons. The molecule has 4 aliphatic carbocycles. The number of hydrogen-bond acceptors (Lipinski definition) is 2. The molecule has 4 saturated carbocycles. The molecule has 4 fully saturated rings. The maximum atomic E-state index is 11.9. The van der Waals surface area contributed by atoms with E-state index in [0.29, 0.717) is 24.7 Å². The Balaban J connectivity index is 2.05. The summed E-state index contributed by atoms with van der Waals surface area (Å²) in [5.41, 5.74) is -1.07. The van der Waals surface area contributed by atoms with Gasteiger partial charge in [-0.15, -0.1) is 0 Å². The fourth-order valence-electron chi connectivity index (χ4n) is 4.04. The summed E-state index contributed by atoms with van der Waals surface area (Å²) in [6.07, 6.45) is 4.12. The molecule has 0 aromatic rings. The third-order valence-electron chi connectivity index (χ3n) is 4.41. The normalized spacial score (nSPS) is 49.7. The minimum absolute atomic E-state index is 0.0234. The van der Waals surface area contributed by atoms with Crippen molar-refractivity contribution in [2.45, 2.75) is 32.1 Å². The van der Waals surface area contributed by atoms with Crippen molar-refractivity contribution < 1.29 is 14.7 Å². The van der Waals surface area contributed by atoms with E-state index in [4.69, 9.17) is 0 Å². The van der Waals surface area contributed by atoms with E-state index in [1.165, 1.54) is 0 Å². The minimum atomic E-state index is -1.11. The average Bonchev–Trinajstić information content (AvgIpc) is 2.12. The summed E-state index contributed by atoms with van der Waals surface area (Å²) in [6.45, 7) is 0. The molecule has 0 aromatic carbocycles. The molecular weight excluding hydrogens is 180 g/mol. The van der Waals surface area contributed by atoms with Crippen molar-refractivity contribution in [3.63, 3.8) is 0 Å². The van der Waals surface area contributed by atoms with Crippen LogP contribution in [0.5, 0.6) is 0 Å². The third-order valence-corrected chi connectivity index (χ3v) is 4.41. The van der Waals surface area contributed by atoms with Crippen LogP contribution in [0.3, 0.4) is 0 Å². The molecule has 3 heteroatoms. The monoisotopic (exact) mass is 193 g/mol. The standard InChI is InChI=1S/C11H13O3/c12-9-8-2-6-1-7(3-8)5-11(9,4-6)10(13)14/h6-8H,1-5H2. The molecule has 1 radical (unpaired) electrons. The second-order valence-electron chi connectivity index (χ2n) is 5.28. The Morgan fingerprint density at radius 2 is 1.71 bits per heavy atom. The van der Waals surface area contributed by atoms with E-state index in [1.54, 1.807) is 0 Å². The van der Waals surface area contributed by atoms with Crippen LogP contribution in [0, 0.1) is 23.2 Å². The molecule has 0 N–H and O–H groups in total. The number of rotatable bonds is 1. The summed E-state index contributed by atoms with van der Waals surface area (Å²) in [6, 6.07) is 0. The van der Waals surface area contributed by atoms with E-state index in [1.807, 2.05) is 0 Å². The predicted molar refractivity (Wildman–Crippen MR) is 46.7 cm³/mol. The van der Waals surface area contributed by atoms with Gasteiger partial charge in [0, 0.05) is 5.92 Å². The highest BCUT2D eigenvalue weighted by molar-refractivity contribution is 6.05. The molecule has 2 unspecified atom stereocenters. The van der Waals surface area contributed by atoms with Gasteiger partial charge in [0.05, 0.1) is 0 Å². The van der Waals surface area contributed by atoms with Gasteiger partial charge in [0.2, 0.25) is 0 Å². The summed E-state index contributed by atoms with van der Waals surface area (Å²) in [4.78, 5) is 23.0.